The topological polar surface area (TPSA) is 266 Å². The van der Waals surface area contributed by atoms with Crippen molar-refractivity contribution in [2.24, 2.45) is 5.73 Å². The molecule has 0 saturated heterocycles. The summed E-state index contributed by atoms with van der Waals surface area (Å²) in [5.74, 6) is 0. The molecule has 46 heavy (non-hydrogen) atoms. The highest BCUT2D eigenvalue weighted by Crippen LogP contribution is 2.08. The van der Waals surface area contributed by atoms with Crippen LogP contribution in [0, 0.1) is 0 Å². The maximum atomic E-state index is 10.6. The first kappa shape index (κ1) is 45.8. The van der Waals surface area contributed by atoms with Gasteiger partial charge < -0.3 is 74.7 Å². The maximum Gasteiger partial charge on any atom is 0.492 e. The van der Waals surface area contributed by atoms with Crippen LogP contribution in [0.2, 0.25) is 12.1 Å². The van der Waals surface area contributed by atoms with Gasteiger partial charge in [0, 0.05) is 97.3 Å². The Morgan fingerprint density at radius 1 is 0.652 bits per heavy atom. The van der Waals surface area contributed by atoms with Gasteiger partial charge in [-0.15, -0.1) is 0 Å². The molecular formula is C27H65N5O12Si2. The van der Waals surface area contributed by atoms with E-state index in [-0.39, 0.29) is 63.6 Å². The van der Waals surface area contributed by atoms with Crippen molar-refractivity contribution in [3.63, 3.8) is 0 Å². The molecule has 13 N–H and O–H groups in total. The number of ether oxygens (including phenoxy) is 3. The van der Waals surface area contributed by atoms with Crippen LogP contribution in [0.1, 0.15) is 33.6 Å². The first-order valence-corrected chi connectivity index (χ1v) is 20.2. The first-order chi connectivity index (χ1) is 21.4. The fourth-order valence-electron chi connectivity index (χ4n) is 4.24. The Balaban J connectivity index is 4.52. The molecule has 0 aromatic carbocycles. The van der Waals surface area contributed by atoms with Gasteiger partial charge in [0.25, 0.3) is 0 Å². The zero-order valence-electron chi connectivity index (χ0n) is 28.1. The predicted octanol–water partition coefficient (Wildman–Crippen LogP) is -4.73. The standard InChI is InChI=1S/C27H65N5O12Si2/c1-27(2,3)44-23-26(35)20-32(13-9-30-18-24(33)21-42-14-4-16-45(36,37)38)12-8-29-7-11-31(10-6-28)19-25(34)22-43-15-5-17-46(39,40)41/h24-26,29-30,33-41H,4-23,28H2,1-3H3. The third kappa shape index (κ3) is 32.3. The van der Waals surface area contributed by atoms with E-state index in [9.17, 15) is 15.3 Å². The fraction of sp³-hybridized carbons (Fsp3) is 1.00. The van der Waals surface area contributed by atoms with Crippen molar-refractivity contribution in [3.05, 3.63) is 0 Å². The molecule has 0 aromatic heterocycles. The number of nitrogens with one attached hydrogen (secondary N) is 2. The lowest BCUT2D eigenvalue weighted by atomic mass is 10.2. The normalized spacial score (nSPS) is 15.2. The van der Waals surface area contributed by atoms with E-state index in [1.807, 2.05) is 25.7 Å². The molecule has 0 aromatic rings. The summed E-state index contributed by atoms with van der Waals surface area (Å²) in [5, 5.41) is 37.6. The zero-order chi connectivity index (χ0) is 35.1. The minimum Gasteiger partial charge on any atom is -0.390 e. The number of nitrogens with two attached hydrogens (primary N) is 1. The van der Waals surface area contributed by atoms with Crippen LogP contribution in [0.5, 0.6) is 0 Å². The largest absolute Gasteiger partial charge is 0.492 e. The van der Waals surface area contributed by atoms with Crippen molar-refractivity contribution >= 4 is 17.6 Å². The molecule has 0 aliphatic carbocycles. The Morgan fingerprint density at radius 2 is 1.09 bits per heavy atom. The molecule has 0 bridgehead atoms. The van der Waals surface area contributed by atoms with Crippen LogP contribution in [-0.4, -0.2) is 200 Å². The Labute approximate surface area is 276 Å². The van der Waals surface area contributed by atoms with Gasteiger partial charge in [-0.3, -0.25) is 9.80 Å². The molecule has 0 amide bonds. The van der Waals surface area contributed by atoms with Gasteiger partial charge in [-0.25, -0.2) is 0 Å². The summed E-state index contributed by atoms with van der Waals surface area (Å²) in [6.45, 7) is 12.4. The van der Waals surface area contributed by atoms with Gasteiger partial charge >= 0.3 is 17.6 Å². The van der Waals surface area contributed by atoms with Crippen LogP contribution >= 0.6 is 0 Å². The molecular weight excluding hydrogens is 642 g/mol. The van der Waals surface area contributed by atoms with Crippen LogP contribution in [0.4, 0.5) is 0 Å². The molecule has 3 atom stereocenters. The van der Waals surface area contributed by atoms with E-state index in [4.69, 9.17) is 48.7 Å². The molecule has 0 spiro atoms. The summed E-state index contributed by atoms with van der Waals surface area (Å²) in [6, 6.07) is -0.224. The van der Waals surface area contributed by atoms with Crippen LogP contribution in [0.3, 0.4) is 0 Å². The van der Waals surface area contributed by atoms with Gasteiger partial charge in [-0.2, -0.15) is 0 Å². The van der Waals surface area contributed by atoms with Crippen molar-refractivity contribution in [1.29, 1.82) is 0 Å². The van der Waals surface area contributed by atoms with E-state index in [0.29, 0.717) is 72.0 Å². The molecule has 19 heteroatoms. The number of hydrogen-bond acceptors (Lipinski definition) is 17. The minimum absolute atomic E-state index is 0.0767. The second-order valence-corrected chi connectivity index (χ2v) is 16.7. The quantitative estimate of drug-likeness (QED) is 0.0238. The van der Waals surface area contributed by atoms with Crippen LogP contribution in [0.15, 0.2) is 0 Å². The number of rotatable bonds is 31. The molecule has 3 unspecified atom stereocenters. The molecule has 0 saturated carbocycles. The molecule has 0 aliphatic heterocycles. The second kappa shape index (κ2) is 25.7. The van der Waals surface area contributed by atoms with E-state index < -0.39 is 35.9 Å². The average Bonchev–Trinajstić information content (AvgIpc) is 2.91. The average molecular weight is 708 g/mol. The summed E-state index contributed by atoms with van der Waals surface area (Å²) in [5.41, 5.74) is 5.38. The summed E-state index contributed by atoms with van der Waals surface area (Å²) in [4.78, 5) is 58.3. The number of nitrogens with zero attached hydrogens (tertiary/aromatic N) is 2. The van der Waals surface area contributed by atoms with Gasteiger partial charge in [0.1, 0.15) is 0 Å². The molecule has 17 nitrogen and oxygen atoms in total. The summed E-state index contributed by atoms with van der Waals surface area (Å²) in [6.07, 6.45) is -1.60. The maximum absolute atomic E-state index is 10.6. The summed E-state index contributed by atoms with van der Waals surface area (Å²) >= 11 is 0. The SMILES string of the molecule is CC(C)(C)OCC(O)CN(CCNCCN(CCN)CC(O)COCCC[Si](O)(O)O)CCNCC(O)COCCC[Si](O)(O)O. The van der Waals surface area contributed by atoms with Crippen LogP contribution in [0.25, 0.3) is 0 Å². The second-order valence-electron chi connectivity index (χ2n) is 12.6. The minimum atomic E-state index is -4.07. The zero-order valence-corrected chi connectivity index (χ0v) is 30.1. The molecule has 0 fully saturated rings. The Bertz CT molecular complexity index is 720. The van der Waals surface area contributed by atoms with Crippen molar-refractivity contribution in [3.8, 4) is 0 Å². The summed E-state index contributed by atoms with van der Waals surface area (Å²) in [7, 11) is -8.13. The fourth-order valence-corrected chi connectivity index (χ4v) is 5.48. The first-order valence-electron chi connectivity index (χ1n) is 16.1. The number of hydrogen-bond donors (Lipinski definition) is 12. The monoisotopic (exact) mass is 707 g/mol. The predicted molar refractivity (Wildman–Crippen MR) is 177 cm³/mol. The Hall–Kier alpha value is -0.246. The lowest BCUT2D eigenvalue weighted by molar-refractivity contribution is -0.0559. The smallest absolute Gasteiger partial charge is 0.390 e. The molecule has 0 aliphatic rings. The lowest BCUT2D eigenvalue weighted by Gasteiger charge is -2.28. The van der Waals surface area contributed by atoms with E-state index >= 15 is 0 Å². The highest BCUT2D eigenvalue weighted by Gasteiger charge is 2.26. The van der Waals surface area contributed by atoms with Crippen molar-refractivity contribution in [2.75, 3.05) is 105 Å². The van der Waals surface area contributed by atoms with Gasteiger partial charge in [-0.05, 0) is 33.6 Å². The van der Waals surface area contributed by atoms with E-state index in [1.165, 1.54) is 0 Å². The van der Waals surface area contributed by atoms with Crippen molar-refractivity contribution in [1.82, 2.24) is 20.4 Å². The van der Waals surface area contributed by atoms with E-state index in [2.05, 4.69) is 15.5 Å². The molecule has 0 heterocycles. The van der Waals surface area contributed by atoms with Gasteiger partial charge in [-0.1, -0.05) is 0 Å². The number of aliphatic hydroxyl groups is 3. The third-order valence-electron chi connectivity index (χ3n) is 6.51. The number of aliphatic hydroxyl groups excluding tert-OH is 3. The Kier molecular flexibility index (Phi) is 25.5. The highest BCUT2D eigenvalue weighted by molar-refractivity contribution is 6.56. The molecule has 0 rings (SSSR count). The van der Waals surface area contributed by atoms with Crippen molar-refractivity contribution < 1.29 is 58.3 Å². The Morgan fingerprint density at radius 3 is 1.54 bits per heavy atom. The van der Waals surface area contributed by atoms with Gasteiger partial charge in [0.15, 0.2) is 0 Å². The molecule has 0 radical (unpaired) electrons. The lowest BCUT2D eigenvalue weighted by Crippen LogP contribution is -2.45. The van der Waals surface area contributed by atoms with Gasteiger partial charge in [0.2, 0.25) is 0 Å². The molecule has 278 valence electrons. The van der Waals surface area contributed by atoms with Gasteiger partial charge in [0.05, 0.1) is 43.7 Å². The third-order valence-corrected chi connectivity index (χ3v) is 8.56. The van der Waals surface area contributed by atoms with E-state index in [0.717, 1.165) is 0 Å². The van der Waals surface area contributed by atoms with Crippen LogP contribution in [-0.2, 0) is 14.2 Å². The van der Waals surface area contributed by atoms with Crippen molar-refractivity contribution in [2.45, 2.75) is 69.6 Å². The summed E-state index contributed by atoms with van der Waals surface area (Å²) < 4.78 is 16.4. The van der Waals surface area contributed by atoms with E-state index in [1.54, 1.807) is 0 Å². The van der Waals surface area contributed by atoms with Crippen LogP contribution < -0.4 is 16.4 Å². The highest BCUT2D eigenvalue weighted by atomic mass is 28.4.